The zero-order valence-corrected chi connectivity index (χ0v) is 16.6. The molecular formula is C23H23NO5. The third-order valence-electron chi connectivity index (χ3n) is 5.04. The van der Waals surface area contributed by atoms with Crippen LogP contribution in [0.4, 0.5) is 5.69 Å². The molecule has 1 aliphatic heterocycles. The van der Waals surface area contributed by atoms with E-state index >= 15 is 0 Å². The van der Waals surface area contributed by atoms with Gasteiger partial charge in [-0.05, 0) is 43.2 Å². The number of ether oxygens (including phenoxy) is 2. The molecule has 0 saturated heterocycles. The Labute approximate surface area is 168 Å². The first kappa shape index (κ1) is 19.1. The van der Waals surface area contributed by atoms with Crippen LogP contribution in [-0.4, -0.2) is 19.3 Å². The zero-order chi connectivity index (χ0) is 20.4. The summed E-state index contributed by atoms with van der Waals surface area (Å²) in [5.74, 6) is 0.322. The van der Waals surface area contributed by atoms with Gasteiger partial charge in [-0.15, -0.1) is 0 Å². The standard InChI is InChI=1S/C23H23NO5/c1-3-7-15-12-21(25)29-22-16(15)10-11-20-18(22)13-24(14-28-20)19-9-6-5-8-17(19)23(26)27-4-2/h5-6,8-12H,3-4,7,13-14H2,1-2H3. The summed E-state index contributed by atoms with van der Waals surface area (Å²) in [5, 5.41) is 0.925. The molecule has 0 spiro atoms. The van der Waals surface area contributed by atoms with E-state index in [-0.39, 0.29) is 18.3 Å². The van der Waals surface area contributed by atoms with E-state index in [9.17, 15) is 9.59 Å². The van der Waals surface area contributed by atoms with Crippen LogP contribution >= 0.6 is 0 Å². The molecule has 6 nitrogen and oxygen atoms in total. The van der Waals surface area contributed by atoms with Crippen molar-refractivity contribution in [2.24, 2.45) is 0 Å². The molecule has 6 heteroatoms. The third-order valence-corrected chi connectivity index (χ3v) is 5.04. The van der Waals surface area contributed by atoms with Gasteiger partial charge in [-0.25, -0.2) is 9.59 Å². The van der Waals surface area contributed by atoms with E-state index in [1.807, 2.05) is 29.2 Å². The van der Waals surface area contributed by atoms with Gasteiger partial charge in [-0.2, -0.15) is 0 Å². The maximum atomic E-state index is 12.4. The van der Waals surface area contributed by atoms with Crippen LogP contribution in [0.3, 0.4) is 0 Å². The molecule has 1 aliphatic rings. The number of esters is 1. The minimum absolute atomic E-state index is 0.286. The lowest BCUT2D eigenvalue weighted by atomic mass is 10.0. The third kappa shape index (κ3) is 3.58. The fourth-order valence-electron chi connectivity index (χ4n) is 3.76. The molecule has 0 bridgehead atoms. The van der Waals surface area contributed by atoms with Gasteiger partial charge < -0.3 is 18.8 Å². The molecule has 2 aromatic carbocycles. The van der Waals surface area contributed by atoms with E-state index in [4.69, 9.17) is 13.9 Å². The van der Waals surface area contributed by atoms with Crippen LogP contribution in [-0.2, 0) is 17.7 Å². The average Bonchev–Trinajstić information content (AvgIpc) is 2.73. The van der Waals surface area contributed by atoms with E-state index < -0.39 is 0 Å². The molecule has 150 valence electrons. The van der Waals surface area contributed by atoms with E-state index in [2.05, 4.69) is 6.92 Å². The number of anilines is 1. The number of aryl methyl sites for hydroxylation is 1. The van der Waals surface area contributed by atoms with Crippen molar-refractivity contribution >= 4 is 22.6 Å². The smallest absolute Gasteiger partial charge is 0.340 e. The number of carbonyl (C=O) groups is 1. The quantitative estimate of drug-likeness (QED) is 0.476. The highest BCUT2D eigenvalue weighted by Gasteiger charge is 2.25. The Morgan fingerprint density at radius 2 is 2.00 bits per heavy atom. The average molecular weight is 393 g/mol. The SMILES string of the molecule is CCCc1cc(=O)oc2c3c(ccc12)OCN(c1ccccc1C(=O)OCC)C3. The monoisotopic (exact) mass is 393 g/mol. The van der Waals surface area contributed by atoms with Crippen molar-refractivity contribution in [1.82, 2.24) is 0 Å². The molecule has 0 unspecified atom stereocenters. The highest BCUT2D eigenvalue weighted by molar-refractivity contribution is 5.96. The van der Waals surface area contributed by atoms with Crippen molar-refractivity contribution in [3.63, 3.8) is 0 Å². The summed E-state index contributed by atoms with van der Waals surface area (Å²) in [7, 11) is 0. The normalized spacial score (nSPS) is 13.1. The van der Waals surface area contributed by atoms with Gasteiger partial charge in [0, 0.05) is 11.5 Å². The molecule has 0 atom stereocenters. The second kappa shape index (κ2) is 7.99. The Morgan fingerprint density at radius 1 is 1.17 bits per heavy atom. The summed E-state index contributed by atoms with van der Waals surface area (Å²) >= 11 is 0. The lowest BCUT2D eigenvalue weighted by Crippen LogP contribution is -2.33. The van der Waals surface area contributed by atoms with Gasteiger partial charge in [0.1, 0.15) is 11.3 Å². The van der Waals surface area contributed by atoms with E-state index in [0.717, 1.165) is 35.0 Å². The number of carbonyl (C=O) groups excluding carboxylic acids is 1. The number of rotatable bonds is 5. The van der Waals surface area contributed by atoms with Crippen molar-refractivity contribution in [1.29, 1.82) is 0 Å². The zero-order valence-electron chi connectivity index (χ0n) is 16.6. The van der Waals surface area contributed by atoms with E-state index in [1.165, 1.54) is 0 Å². The molecule has 4 rings (SSSR count). The summed E-state index contributed by atoms with van der Waals surface area (Å²) < 4.78 is 16.7. The Bertz CT molecular complexity index is 1120. The summed E-state index contributed by atoms with van der Waals surface area (Å²) in [4.78, 5) is 26.5. The van der Waals surface area contributed by atoms with Gasteiger partial charge in [0.2, 0.25) is 0 Å². The largest absolute Gasteiger partial charge is 0.473 e. The molecule has 0 radical (unpaired) electrons. The highest BCUT2D eigenvalue weighted by Crippen LogP contribution is 2.35. The molecule has 1 aromatic heterocycles. The molecule has 3 aromatic rings. The van der Waals surface area contributed by atoms with Gasteiger partial charge in [-0.3, -0.25) is 0 Å². The number of hydrogen-bond donors (Lipinski definition) is 0. The summed E-state index contributed by atoms with van der Waals surface area (Å²) in [6.07, 6.45) is 1.74. The second-order valence-electron chi connectivity index (χ2n) is 6.97. The highest BCUT2D eigenvalue weighted by atomic mass is 16.5. The van der Waals surface area contributed by atoms with Gasteiger partial charge in [0.25, 0.3) is 0 Å². The van der Waals surface area contributed by atoms with Gasteiger partial charge in [-0.1, -0.05) is 25.5 Å². The lowest BCUT2D eigenvalue weighted by molar-refractivity contribution is 0.0527. The first-order chi connectivity index (χ1) is 14.1. The molecule has 0 saturated carbocycles. The summed E-state index contributed by atoms with van der Waals surface area (Å²) in [6, 6.07) is 12.7. The van der Waals surface area contributed by atoms with Crippen molar-refractivity contribution in [3.8, 4) is 5.75 Å². The second-order valence-corrected chi connectivity index (χ2v) is 6.97. The summed E-state index contributed by atoms with van der Waals surface area (Å²) in [6.45, 7) is 4.91. The van der Waals surface area contributed by atoms with Crippen LogP contribution in [0, 0.1) is 0 Å². The molecule has 0 aliphatic carbocycles. The predicted octanol–water partition coefficient (Wildman–Crippen LogP) is 4.28. The molecular weight excluding hydrogens is 370 g/mol. The molecule has 29 heavy (non-hydrogen) atoms. The number of hydrogen-bond acceptors (Lipinski definition) is 6. The molecule has 2 heterocycles. The van der Waals surface area contributed by atoms with Crippen LogP contribution in [0.2, 0.25) is 0 Å². The van der Waals surface area contributed by atoms with Crippen molar-refractivity contribution in [3.05, 3.63) is 69.6 Å². The first-order valence-corrected chi connectivity index (χ1v) is 9.84. The number of para-hydroxylation sites is 1. The minimum Gasteiger partial charge on any atom is -0.473 e. The van der Waals surface area contributed by atoms with Crippen molar-refractivity contribution in [2.75, 3.05) is 18.2 Å². The van der Waals surface area contributed by atoms with E-state index in [0.29, 0.717) is 30.0 Å². The van der Waals surface area contributed by atoms with Crippen LogP contribution in [0.1, 0.15) is 41.8 Å². The predicted molar refractivity (Wildman–Crippen MR) is 111 cm³/mol. The van der Waals surface area contributed by atoms with Gasteiger partial charge in [0.05, 0.1) is 30.0 Å². The summed E-state index contributed by atoms with van der Waals surface area (Å²) in [5.41, 5.74) is 3.18. The Balaban J connectivity index is 1.78. The first-order valence-electron chi connectivity index (χ1n) is 9.84. The maximum absolute atomic E-state index is 12.4. The topological polar surface area (TPSA) is 69.0 Å². The number of nitrogens with zero attached hydrogens (tertiary/aromatic N) is 1. The molecule has 0 amide bonds. The maximum Gasteiger partial charge on any atom is 0.340 e. The fraction of sp³-hybridized carbons (Fsp3) is 0.304. The van der Waals surface area contributed by atoms with Crippen LogP contribution in [0.15, 0.2) is 51.7 Å². The van der Waals surface area contributed by atoms with Crippen molar-refractivity contribution < 1.29 is 18.7 Å². The minimum atomic E-state index is -0.372. The fourth-order valence-corrected chi connectivity index (χ4v) is 3.76. The van der Waals surface area contributed by atoms with Crippen molar-refractivity contribution in [2.45, 2.75) is 33.2 Å². The van der Waals surface area contributed by atoms with E-state index in [1.54, 1.807) is 25.1 Å². The lowest BCUT2D eigenvalue weighted by Gasteiger charge is -2.32. The Kier molecular flexibility index (Phi) is 5.25. The van der Waals surface area contributed by atoms with Gasteiger partial charge >= 0.3 is 11.6 Å². The number of fused-ring (bicyclic) bond motifs is 3. The molecule has 0 fully saturated rings. The molecule has 0 N–H and O–H groups in total. The van der Waals surface area contributed by atoms with Gasteiger partial charge in [0.15, 0.2) is 6.73 Å². The number of benzene rings is 2. The Morgan fingerprint density at radius 3 is 2.79 bits per heavy atom. The van der Waals surface area contributed by atoms with Crippen LogP contribution < -0.4 is 15.3 Å². The van der Waals surface area contributed by atoms with Crippen LogP contribution in [0.5, 0.6) is 5.75 Å². The Hall–Kier alpha value is -3.28. The van der Waals surface area contributed by atoms with Crippen LogP contribution in [0.25, 0.3) is 11.0 Å².